The molecule has 1 atom stereocenters. The average Bonchev–Trinajstić information content (AvgIpc) is 2.10. The molecule has 0 aromatic heterocycles. The van der Waals surface area contributed by atoms with E-state index in [0.717, 1.165) is 12.1 Å². The number of nitrogens with two attached hydrogens (primary N) is 1. The van der Waals surface area contributed by atoms with Gasteiger partial charge in [-0.1, -0.05) is 0 Å². The molecule has 0 aliphatic heterocycles. The number of benzene rings is 1. The third kappa shape index (κ3) is 3.93. The van der Waals surface area contributed by atoms with E-state index < -0.39 is 11.6 Å². The summed E-state index contributed by atoms with van der Waals surface area (Å²) in [7, 11) is 3.78. The van der Waals surface area contributed by atoms with Crippen molar-refractivity contribution in [3.63, 3.8) is 0 Å². The van der Waals surface area contributed by atoms with Crippen molar-refractivity contribution < 1.29 is 8.78 Å². The van der Waals surface area contributed by atoms with Gasteiger partial charge in [-0.05, 0) is 44.3 Å². The highest BCUT2D eigenvalue weighted by Crippen LogP contribution is 2.11. The van der Waals surface area contributed by atoms with Crippen molar-refractivity contribution in [1.29, 1.82) is 0 Å². The van der Waals surface area contributed by atoms with Crippen molar-refractivity contribution in [2.75, 3.05) is 20.6 Å². The molecule has 0 aliphatic carbocycles. The molecule has 0 saturated heterocycles. The minimum atomic E-state index is -0.427. The fraction of sp³-hybridized carbons (Fsp3) is 0.455. The summed E-state index contributed by atoms with van der Waals surface area (Å²) < 4.78 is 26.1. The van der Waals surface area contributed by atoms with Gasteiger partial charge in [-0.15, -0.1) is 0 Å². The van der Waals surface area contributed by atoms with E-state index in [9.17, 15) is 8.78 Å². The van der Waals surface area contributed by atoms with Gasteiger partial charge in [0.15, 0.2) is 0 Å². The van der Waals surface area contributed by atoms with Gasteiger partial charge < -0.3 is 10.6 Å². The summed E-state index contributed by atoms with van der Waals surface area (Å²) in [6.07, 6.45) is 0.349. The highest BCUT2D eigenvalue weighted by atomic mass is 19.1. The van der Waals surface area contributed by atoms with Crippen molar-refractivity contribution in [1.82, 2.24) is 4.90 Å². The Morgan fingerprint density at radius 1 is 1.33 bits per heavy atom. The van der Waals surface area contributed by atoms with E-state index in [-0.39, 0.29) is 6.04 Å². The Morgan fingerprint density at radius 3 is 2.60 bits per heavy atom. The molecular weight excluding hydrogens is 198 g/mol. The highest BCUT2D eigenvalue weighted by molar-refractivity contribution is 5.19. The second-order valence-corrected chi connectivity index (χ2v) is 3.96. The molecule has 0 spiro atoms. The zero-order chi connectivity index (χ0) is 11.4. The molecule has 2 N–H and O–H groups in total. The smallest absolute Gasteiger partial charge is 0.126 e. The van der Waals surface area contributed by atoms with Crippen LogP contribution < -0.4 is 5.73 Å². The molecule has 84 valence electrons. The number of hydrogen-bond acceptors (Lipinski definition) is 2. The molecule has 0 saturated carbocycles. The van der Waals surface area contributed by atoms with E-state index in [1.165, 1.54) is 6.07 Å². The molecule has 0 heterocycles. The van der Waals surface area contributed by atoms with Crippen LogP contribution in [0.1, 0.15) is 5.56 Å². The maximum Gasteiger partial charge on any atom is 0.126 e. The van der Waals surface area contributed by atoms with Crippen molar-refractivity contribution in [3.8, 4) is 0 Å². The summed E-state index contributed by atoms with van der Waals surface area (Å²) in [4.78, 5) is 1.92. The van der Waals surface area contributed by atoms with E-state index in [1.807, 2.05) is 19.0 Å². The molecule has 0 bridgehead atoms. The van der Waals surface area contributed by atoms with Gasteiger partial charge in [-0.25, -0.2) is 8.78 Å². The Bertz CT molecular complexity index is 326. The van der Waals surface area contributed by atoms with E-state index in [1.54, 1.807) is 0 Å². The second kappa shape index (κ2) is 5.19. The first-order valence-electron chi connectivity index (χ1n) is 4.83. The lowest BCUT2D eigenvalue weighted by Crippen LogP contribution is -2.35. The number of rotatable bonds is 4. The van der Waals surface area contributed by atoms with E-state index in [2.05, 4.69) is 0 Å². The summed E-state index contributed by atoms with van der Waals surface area (Å²) in [5.74, 6) is -0.825. The molecule has 4 heteroatoms. The molecule has 2 nitrogen and oxygen atoms in total. The maximum absolute atomic E-state index is 13.2. The van der Waals surface area contributed by atoms with Crippen LogP contribution in [0, 0.1) is 11.6 Å². The van der Waals surface area contributed by atoms with Crippen molar-refractivity contribution in [2.24, 2.45) is 5.73 Å². The second-order valence-electron chi connectivity index (χ2n) is 3.96. The quantitative estimate of drug-likeness (QED) is 0.820. The Hall–Kier alpha value is -1.00. The Balaban J connectivity index is 2.67. The third-order valence-electron chi connectivity index (χ3n) is 2.09. The summed E-state index contributed by atoms with van der Waals surface area (Å²) >= 11 is 0. The van der Waals surface area contributed by atoms with Gasteiger partial charge in [-0.3, -0.25) is 0 Å². The topological polar surface area (TPSA) is 29.3 Å². The molecule has 0 radical (unpaired) electrons. The summed E-state index contributed by atoms with van der Waals surface area (Å²) in [5, 5.41) is 0. The predicted octanol–water partition coefficient (Wildman–Crippen LogP) is 1.40. The van der Waals surface area contributed by atoms with Gasteiger partial charge >= 0.3 is 0 Å². The molecule has 1 aromatic rings. The van der Waals surface area contributed by atoms with Crippen LogP contribution in [0.3, 0.4) is 0 Å². The number of halogens is 2. The zero-order valence-corrected chi connectivity index (χ0v) is 9.00. The van der Waals surface area contributed by atoms with Gasteiger partial charge in [-0.2, -0.15) is 0 Å². The molecule has 15 heavy (non-hydrogen) atoms. The zero-order valence-electron chi connectivity index (χ0n) is 9.00. The molecule has 0 aliphatic rings. The van der Waals surface area contributed by atoms with Crippen LogP contribution in [0.25, 0.3) is 0 Å². The largest absolute Gasteiger partial charge is 0.326 e. The SMILES string of the molecule is CN(C)CC(N)Cc1cc(F)ccc1F. The Kier molecular flexibility index (Phi) is 4.17. The molecule has 1 unspecified atom stereocenters. The summed E-state index contributed by atoms with van der Waals surface area (Å²) in [6.45, 7) is 0.649. The lowest BCUT2D eigenvalue weighted by Gasteiger charge is -2.17. The van der Waals surface area contributed by atoms with Crippen molar-refractivity contribution in [2.45, 2.75) is 12.5 Å². The minimum absolute atomic E-state index is 0.184. The van der Waals surface area contributed by atoms with Gasteiger partial charge in [0.25, 0.3) is 0 Å². The molecular formula is C11H16F2N2. The lowest BCUT2D eigenvalue weighted by atomic mass is 10.1. The number of hydrogen-bond donors (Lipinski definition) is 1. The predicted molar refractivity (Wildman–Crippen MR) is 56.6 cm³/mol. The van der Waals surface area contributed by atoms with Gasteiger partial charge in [0.05, 0.1) is 0 Å². The third-order valence-corrected chi connectivity index (χ3v) is 2.09. The van der Waals surface area contributed by atoms with E-state index in [4.69, 9.17) is 5.73 Å². The van der Waals surface area contributed by atoms with Crippen LogP contribution in [-0.2, 0) is 6.42 Å². The van der Waals surface area contributed by atoms with Crippen LogP contribution >= 0.6 is 0 Å². The Morgan fingerprint density at radius 2 is 2.00 bits per heavy atom. The average molecular weight is 214 g/mol. The summed E-state index contributed by atoms with van der Waals surface area (Å²) in [5.41, 5.74) is 6.13. The Labute approximate surface area is 88.7 Å². The van der Waals surface area contributed by atoms with Crippen LogP contribution in [0.4, 0.5) is 8.78 Å². The van der Waals surface area contributed by atoms with E-state index in [0.29, 0.717) is 18.5 Å². The lowest BCUT2D eigenvalue weighted by molar-refractivity contribution is 0.369. The van der Waals surface area contributed by atoms with Crippen LogP contribution in [0.15, 0.2) is 18.2 Å². The van der Waals surface area contributed by atoms with Gasteiger partial charge in [0.1, 0.15) is 11.6 Å². The first-order valence-corrected chi connectivity index (χ1v) is 4.83. The van der Waals surface area contributed by atoms with Gasteiger partial charge in [0.2, 0.25) is 0 Å². The minimum Gasteiger partial charge on any atom is -0.326 e. The highest BCUT2D eigenvalue weighted by Gasteiger charge is 2.10. The first kappa shape index (κ1) is 12.1. The van der Waals surface area contributed by atoms with Crippen LogP contribution in [0.5, 0.6) is 0 Å². The molecule has 1 aromatic carbocycles. The number of nitrogens with zero attached hydrogens (tertiary/aromatic N) is 1. The maximum atomic E-state index is 13.2. The monoisotopic (exact) mass is 214 g/mol. The molecule has 0 amide bonds. The molecule has 0 fully saturated rings. The number of likely N-dealkylation sites (N-methyl/N-ethyl adjacent to an activating group) is 1. The van der Waals surface area contributed by atoms with Gasteiger partial charge in [0, 0.05) is 12.6 Å². The first-order chi connectivity index (χ1) is 6.99. The fourth-order valence-electron chi connectivity index (χ4n) is 1.52. The van der Waals surface area contributed by atoms with Crippen LogP contribution in [-0.4, -0.2) is 31.6 Å². The fourth-order valence-corrected chi connectivity index (χ4v) is 1.52. The van der Waals surface area contributed by atoms with E-state index >= 15 is 0 Å². The van der Waals surface area contributed by atoms with Crippen molar-refractivity contribution in [3.05, 3.63) is 35.4 Å². The van der Waals surface area contributed by atoms with Crippen molar-refractivity contribution >= 4 is 0 Å². The molecule has 1 rings (SSSR count). The normalized spacial score (nSPS) is 13.2. The summed E-state index contributed by atoms with van der Waals surface area (Å²) in [6, 6.07) is 3.25. The van der Waals surface area contributed by atoms with Crippen LogP contribution in [0.2, 0.25) is 0 Å². The standard InChI is InChI=1S/C11H16F2N2/c1-15(2)7-10(14)6-8-5-9(12)3-4-11(8)13/h3-5,10H,6-7,14H2,1-2H3.